The summed E-state index contributed by atoms with van der Waals surface area (Å²) < 4.78 is 5.48. The second-order valence-electron chi connectivity index (χ2n) is 4.23. The third-order valence-electron chi connectivity index (χ3n) is 3.19. The average Bonchev–Trinajstić information content (AvgIpc) is 2.40. The van der Waals surface area contributed by atoms with Crippen molar-refractivity contribution < 1.29 is 4.74 Å². The van der Waals surface area contributed by atoms with Crippen molar-refractivity contribution >= 4 is 5.69 Å². The van der Waals surface area contributed by atoms with E-state index < -0.39 is 0 Å². The van der Waals surface area contributed by atoms with Crippen molar-refractivity contribution in [3.8, 4) is 5.75 Å². The molecule has 0 spiro atoms. The lowest BCUT2D eigenvalue weighted by molar-refractivity contribution is 0.271. The van der Waals surface area contributed by atoms with E-state index in [2.05, 4.69) is 27.8 Å². The quantitative estimate of drug-likeness (QED) is 0.793. The third kappa shape index (κ3) is 3.09. The number of ether oxygens (including phenoxy) is 1. The Morgan fingerprint density at radius 1 is 1.18 bits per heavy atom. The van der Waals surface area contributed by atoms with Crippen molar-refractivity contribution in [1.29, 1.82) is 0 Å². The van der Waals surface area contributed by atoms with Crippen LogP contribution >= 0.6 is 0 Å². The molecule has 1 aliphatic heterocycles. The molecule has 2 heterocycles. The van der Waals surface area contributed by atoms with Crippen molar-refractivity contribution in [1.82, 2.24) is 9.88 Å². The largest absolute Gasteiger partial charge is 0.492 e. The van der Waals surface area contributed by atoms with E-state index in [-0.39, 0.29) is 0 Å². The number of nitrogens with zero attached hydrogens (tertiary/aromatic N) is 3. The summed E-state index contributed by atoms with van der Waals surface area (Å²) in [5.41, 5.74) is 1.17. The Hall–Kier alpha value is -1.29. The van der Waals surface area contributed by atoms with Crippen LogP contribution in [0.1, 0.15) is 13.8 Å². The van der Waals surface area contributed by atoms with E-state index in [1.165, 1.54) is 5.69 Å². The van der Waals surface area contributed by atoms with Gasteiger partial charge in [-0.3, -0.25) is 4.98 Å². The predicted octanol–water partition coefficient (Wildman–Crippen LogP) is 1.62. The molecule has 0 bridgehead atoms. The number of anilines is 1. The van der Waals surface area contributed by atoms with Gasteiger partial charge < -0.3 is 14.5 Å². The Labute approximate surface area is 103 Å². The first-order valence-corrected chi connectivity index (χ1v) is 6.38. The van der Waals surface area contributed by atoms with E-state index in [1.54, 1.807) is 6.20 Å². The van der Waals surface area contributed by atoms with Gasteiger partial charge in [-0.2, -0.15) is 0 Å². The van der Waals surface area contributed by atoms with Crippen LogP contribution in [0.4, 0.5) is 5.69 Å². The fourth-order valence-electron chi connectivity index (χ4n) is 2.15. The minimum atomic E-state index is 0.689. The third-order valence-corrected chi connectivity index (χ3v) is 3.19. The van der Waals surface area contributed by atoms with Crippen LogP contribution in [0.2, 0.25) is 0 Å². The fraction of sp³-hybridized carbons (Fsp3) is 0.615. The van der Waals surface area contributed by atoms with E-state index in [4.69, 9.17) is 4.74 Å². The molecule has 4 heteroatoms. The zero-order valence-electron chi connectivity index (χ0n) is 10.7. The minimum Gasteiger partial charge on any atom is -0.492 e. The van der Waals surface area contributed by atoms with Gasteiger partial charge in [0.25, 0.3) is 0 Å². The van der Waals surface area contributed by atoms with Crippen molar-refractivity contribution in [2.45, 2.75) is 13.8 Å². The number of piperazine rings is 1. The molecule has 94 valence electrons. The molecule has 0 amide bonds. The van der Waals surface area contributed by atoms with Gasteiger partial charge in [0.2, 0.25) is 0 Å². The first kappa shape index (κ1) is 12.2. The Balaban J connectivity index is 2.00. The SMILES string of the molecule is CCOc1cncc(N2CCN(CC)CC2)c1. The van der Waals surface area contributed by atoms with Crippen LogP contribution in [0.15, 0.2) is 18.5 Å². The summed E-state index contributed by atoms with van der Waals surface area (Å²) in [4.78, 5) is 9.08. The van der Waals surface area contributed by atoms with Crippen LogP contribution in [0.3, 0.4) is 0 Å². The van der Waals surface area contributed by atoms with Gasteiger partial charge in [0.15, 0.2) is 0 Å². The first-order chi connectivity index (χ1) is 8.33. The summed E-state index contributed by atoms with van der Waals surface area (Å²) in [5, 5.41) is 0. The Bertz CT molecular complexity index is 348. The van der Waals surface area contributed by atoms with Gasteiger partial charge in [0.05, 0.1) is 24.7 Å². The molecule has 0 atom stereocenters. The van der Waals surface area contributed by atoms with Crippen LogP contribution in [0.25, 0.3) is 0 Å². The molecule has 4 nitrogen and oxygen atoms in total. The molecule has 1 fully saturated rings. The summed E-state index contributed by atoms with van der Waals surface area (Å²) in [6, 6.07) is 2.08. The standard InChI is InChI=1S/C13H21N3O/c1-3-15-5-7-16(8-6-15)12-9-13(17-4-2)11-14-10-12/h9-11H,3-8H2,1-2H3. The molecule has 0 saturated carbocycles. The lowest BCUT2D eigenvalue weighted by Crippen LogP contribution is -2.46. The van der Waals surface area contributed by atoms with E-state index in [0.29, 0.717) is 6.61 Å². The first-order valence-electron chi connectivity index (χ1n) is 6.38. The lowest BCUT2D eigenvalue weighted by Gasteiger charge is -2.35. The molecule has 0 aliphatic carbocycles. The zero-order valence-corrected chi connectivity index (χ0v) is 10.7. The zero-order chi connectivity index (χ0) is 12.1. The number of hydrogen-bond acceptors (Lipinski definition) is 4. The van der Waals surface area contributed by atoms with Crippen LogP contribution in [0.5, 0.6) is 5.75 Å². The van der Waals surface area contributed by atoms with Gasteiger partial charge in [-0.05, 0) is 13.5 Å². The second-order valence-corrected chi connectivity index (χ2v) is 4.23. The predicted molar refractivity (Wildman–Crippen MR) is 69.7 cm³/mol. The lowest BCUT2D eigenvalue weighted by atomic mass is 10.2. The van der Waals surface area contributed by atoms with Crippen molar-refractivity contribution in [2.75, 3.05) is 44.2 Å². The maximum absolute atomic E-state index is 5.48. The van der Waals surface area contributed by atoms with Crippen molar-refractivity contribution in [3.05, 3.63) is 18.5 Å². The van der Waals surface area contributed by atoms with E-state index in [9.17, 15) is 0 Å². The molecule has 0 N–H and O–H groups in total. The molecule has 1 aromatic rings. The summed E-state index contributed by atoms with van der Waals surface area (Å²) in [5.74, 6) is 0.864. The fourth-order valence-corrected chi connectivity index (χ4v) is 2.15. The highest BCUT2D eigenvalue weighted by Gasteiger charge is 2.16. The number of hydrogen-bond donors (Lipinski definition) is 0. The van der Waals surface area contributed by atoms with Gasteiger partial charge in [-0.15, -0.1) is 0 Å². The molecule has 17 heavy (non-hydrogen) atoms. The highest BCUT2D eigenvalue weighted by atomic mass is 16.5. The smallest absolute Gasteiger partial charge is 0.139 e. The molecular formula is C13H21N3O. The monoisotopic (exact) mass is 235 g/mol. The topological polar surface area (TPSA) is 28.6 Å². The van der Waals surface area contributed by atoms with E-state index in [1.807, 2.05) is 13.1 Å². The highest BCUT2D eigenvalue weighted by molar-refractivity contribution is 5.48. The summed E-state index contributed by atoms with van der Waals surface area (Å²) in [7, 11) is 0. The molecule has 0 radical (unpaired) electrons. The molecule has 1 aromatic heterocycles. The summed E-state index contributed by atoms with van der Waals surface area (Å²) >= 11 is 0. The Morgan fingerprint density at radius 3 is 2.59 bits per heavy atom. The highest BCUT2D eigenvalue weighted by Crippen LogP contribution is 2.20. The van der Waals surface area contributed by atoms with Crippen molar-refractivity contribution in [3.63, 3.8) is 0 Å². The number of aromatic nitrogens is 1. The Kier molecular flexibility index (Phi) is 4.20. The van der Waals surface area contributed by atoms with Gasteiger partial charge in [0.1, 0.15) is 5.75 Å². The van der Waals surface area contributed by atoms with Gasteiger partial charge in [0, 0.05) is 32.2 Å². The van der Waals surface area contributed by atoms with Gasteiger partial charge >= 0.3 is 0 Å². The molecule has 2 rings (SSSR count). The maximum Gasteiger partial charge on any atom is 0.139 e. The molecule has 0 aromatic carbocycles. The number of pyridine rings is 1. The second kappa shape index (κ2) is 5.87. The summed E-state index contributed by atoms with van der Waals surface area (Å²) in [6.07, 6.45) is 3.69. The maximum atomic E-state index is 5.48. The summed E-state index contributed by atoms with van der Waals surface area (Å²) in [6.45, 7) is 10.5. The number of likely N-dealkylation sites (N-methyl/N-ethyl adjacent to an activating group) is 1. The molecular weight excluding hydrogens is 214 g/mol. The molecule has 0 unspecified atom stereocenters. The van der Waals surface area contributed by atoms with Gasteiger partial charge in [-0.1, -0.05) is 6.92 Å². The van der Waals surface area contributed by atoms with Crippen LogP contribution in [0, 0.1) is 0 Å². The van der Waals surface area contributed by atoms with Crippen LogP contribution < -0.4 is 9.64 Å². The van der Waals surface area contributed by atoms with Crippen molar-refractivity contribution in [2.24, 2.45) is 0 Å². The minimum absolute atomic E-state index is 0.689. The van der Waals surface area contributed by atoms with Crippen LogP contribution in [-0.2, 0) is 0 Å². The average molecular weight is 235 g/mol. The van der Waals surface area contributed by atoms with E-state index in [0.717, 1.165) is 38.5 Å². The Morgan fingerprint density at radius 2 is 1.94 bits per heavy atom. The number of rotatable bonds is 4. The molecule has 1 saturated heterocycles. The normalized spacial score (nSPS) is 17.2. The van der Waals surface area contributed by atoms with Gasteiger partial charge in [-0.25, -0.2) is 0 Å². The molecule has 1 aliphatic rings. The van der Waals surface area contributed by atoms with Crippen LogP contribution in [-0.4, -0.2) is 49.2 Å². The van der Waals surface area contributed by atoms with E-state index >= 15 is 0 Å².